The molecule has 0 saturated heterocycles. The van der Waals surface area contributed by atoms with Gasteiger partial charge in [-0.25, -0.2) is 4.98 Å². The van der Waals surface area contributed by atoms with Crippen molar-refractivity contribution in [2.24, 2.45) is 0 Å². The van der Waals surface area contributed by atoms with Crippen LogP contribution in [0.15, 0.2) is 91.0 Å². The molecule has 7 aromatic rings. The molecule has 4 aromatic carbocycles. The Morgan fingerprint density at radius 3 is 2.28 bits per heavy atom. The molecule has 0 bridgehead atoms. The Kier molecular flexibility index (Phi) is 2.71. The fourth-order valence-corrected chi connectivity index (χ4v) is 4.58. The molecule has 7 rings (SSSR count). The molecule has 0 radical (unpaired) electrons. The van der Waals surface area contributed by atoms with Gasteiger partial charge in [-0.05, 0) is 48.5 Å². The molecule has 29 heavy (non-hydrogen) atoms. The number of hydrogen-bond acceptors (Lipinski definition) is 1. The van der Waals surface area contributed by atoms with E-state index in [1.807, 2.05) is 6.07 Å². The number of H-pyrrole nitrogens is 1. The Balaban J connectivity index is 1.65. The Morgan fingerprint density at radius 1 is 0.621 bits per heavy atom. The average Bonchev–Trinajstić information content (AvgIpc) is 3.41. The van der Waals surface area contributed by atoms with Crippen molar-refractivity contribution < 1.29 is 0 Å². The standard InChI is InChI=1S/C25H16N4/c1-2-8-19-17(7-1)18-15-16(13-14-20(18)26-19)28-23-11-5-6-12-24(23)29-22-10-4-3-9-21(22)27-25(28)29/h1-15,26H. The van der Waals surface area contributed by atoms with Crippen LogP contribution < -0.4 is 0 Å². The number of imidazole rings is 2. The lowest BCUT2D eigenvalue weighted by Crippen LogP contribution is -1.94. The van der Waals surface area contributed by atoms with Gasteiger partial charge in [0.05, 0.1) is 22.1 Å². The Morgan fingerprint density at radius 2 is 1.34 bits per heavy atom. The summed E-state index contributed by atoms with van der Waals surface area (Å²) in [4.78, 5) is 8.49. The number of para-hydroxylation sites is 5. The normalized spacial score (nSPS) is 12.1. The van der Waals surface area contributed by atoms with E-state index in [4.69, 9.17) is 4.98 Å². The molecule has 4 nitrogen and oxygen atoms in total. The molecular weight excluding hydrogens is 356 g/mol. The molecule has 1 N–H and O–H groups in total. The van der Waals surface area contributed by atoms with Crippen molar-refractivity contribution in [3.8, 4) is 5.69 Å². The largest absolute Gasteiger partial charge is 0.355 e. The van der Waals surface area contributed by atoms with E-state index in [0.717, 1.165) is 44.6 Å². The van der Waals surface area contributed by atoms with Gasteiger partial charge in [0, 0.05) is 27.5 Å². The van der Waals surface area contributed by atoms with Crippen LogP contribution in [0.4, 0.5) is 0 Å². The molecular formula is C25H16N4. The van der Waals surface area contributed by atoms with Gasteiger partial charge in [0.25, 0.3) is 0 Å². The predicted molar refractivity (Wildman–Crippen MR) is 119 cm³/mol. The average molecular weight is 372 g/mol. The number of rotatable bonds is 1. The topological polar surface area (TPSA) is 38.0 Å². The van der Waals surface area contributed by atoms with E-state index < -0.39 is 0 Å². The van der Waals surface area contributed by atoms with E-state index in [1.165, 1.54) is 10.8 Å². The first-order valence-electron chi connectivity index (χ1n) is 9.76. The minimum Gasteiger partial charge on any atom is -0.355 e. The van der Waals surface area contributed by atoms with E-state index in [0.29, 0.717) is 0 Å². The van der Waals surface area contributed by atoms with Crippen LogP contribution in [0.1, 0.15) is 0 Å². The number of nitrogens with one attached hydrogen (secondary N) is 1. The highest BCUT2D eigenvalue weighted by Crippen LogP contribution is 2.32. The van der Waals surface area contributed by atoms with Crippen LogP contribution in [0.25, 0.3) is 55.3 Å². The van der Waals surface area contributed by atoms with Crippen LogP contribution >= 0.6 is 0 Å². The second kappa shape index (κ2) is 5.26. The lowest BCUT2D eigenvalue weighted by molar-refractivity contribution is 1.11. The van der Waals surface area contributed by atoms with Gasteiger partial charge in [-0.15, -0.1) is 0 Å². The predicted octanol–water partition coefficient (Wildman–Crippen LogP) is 6.07. The van der Waals surface area contributed by atoms with E-state index in [2.05, 4.69) is 98.9 Å². The summed E-state index contributed by atoms with van der Waals surface area (Å²) < 4.78 is 4.51. The van der Waals surface area contributed by atoms with Gasteiger partial charge in [0.1, 0.15) is 0 Å². The number of benzene rings is 4. The smallest absolute Gasteiger partial charge is 0.220 e. The van der Waals surface area contributed by atoms with Gasteiger partial charge < -0.3 is 4.98 Å². The molecule has 0 aliphatic rings. The molecule has 3 heterocycles. The summed E-state index contributed by atoms with van der Waals surface area (Å²) in [5, 5.41) is 2.47. The van der Waals surface area contributed by atoms with Gasteiger partial charge in [-0.1, -0.05) is 42.5 Å². The van der Waals surface area contributed by atoms with Crippen molar-refractivity contribution in [2.75, 3.05) is 0 Å². The number of nitrogens with zero attached hydrogens (tertiary/aromatic N) is 3. The molecule has 0 atom stereocenters. The molecule has 136 valence electrons. The van der Waals surface area contributed by atoms with Crippen LogP contribution in [0.3, 0.4) is 0 Å². The molecule has 0 amide bonds. The maximum atomic E-state index is 4.98. The lowest BCUT2D eigenvalue weighted by Gasteiger charge is -2.05. The lowest BCUT2D eigenvalue weighted by atomic mass is 10.1. The molecule has 0 spiro atoms. The zero-order valence-electron chi connectivity index (χ0n) is 15.5. The number of fused-ring (bicyclic) bond motifs is 8. The third kappa shape index (κ3) is 1.90. The van der Waals surface area contributed by atoms with Crippen molar-refractivity contribution in [3.05, 3.63) is 91.0 Å². The first-order valence-corrected chi connectivity index (χ1v) is 9.76. The van der Waals surface area contributed by atoms with Gasteiger partial charge >= 0.3 is 0 Å². The quantitative estimate of drug-likeness (QED) is 0.373. The number of aromatic nitrogens is 4. The van der Waals surface area contributed by atoms with Gasteiger partial charge in [0.15, 0.2) is 0 Å². The molecule has 0 saturated carbocycles. The van der Waals surface area contributed by atoms with Crippen molar-refractivity contribution in [1.82, 2.24) is 18.9 Å². The minimum absolute atomic E-state index is 0.937. The number of aromatic amines is 1. The zero-order chi connectivity index (χ0) is 18.9. The summed E-state index contributed by atoms with van der Waals surface area (Å²) in [6.45, 7) is 0. The molecule has 0 aliphatic carbocycles. The van der Waals surface area contributed by atoms with Crippen LogP contribution in [-0.2, 0) is 0 Å². The fourth-order valence-electron chi connectivity index (χ4n) is 4.58. The molecule has 3 aromatic heterocycles. The monoisotopic (exact) mass is 372 g/mol. The highest BCUT2D eigenvalue weighted by atomic mass is 15.2. The summed E-state index contributed by atoms with van der Waals surface area (Å²) in [6, 6.07) is 31.9. The summed E-state index contributed by atoms with van der Waals surface area (Å²) >= 11 is 0. The zero-order valence-corrected chi connectivity index (χ0v) is 15.5. The minimum atomic E-state index is 0.937. The molecule has 0 fully saturated rings. The van der Waals surface area contributed by atoms with Crippen molar-refractivity contribution in [2.45, 2.75) is 0 Å². The molecule has 0 aliphatic heterocycles. The SMILES string of the molecule is c1ccc2c(c1)nc1n(-c3ccc4[nH]c5ccccc5c4c3)c3ccccc3n21. The molecule has 4 heteroatoms. The summed E-state index contributed by atoms with van der Waals surface area (Å²) in [7, 11) is 0. The maximum Gasteiger partial charge on any atom is 0.220 e. The fraction of sp³-hybridized carbons (Fsp3) is 0. The van der Waals surface area contributed by atoms with E-state index in [-0.39, 0.29) is 0 Å². The van der Waals surface area contributed by atoms with E-state index in [1.54, 1.807) is 0 Å². The second-order valence-electron chi connectivity index (χ2n) is 7.46. The van der Waals surface area contributed by atoms with Crippen LogP contribution in [0.5, 0.6) is 0 Å². The van der Waals surface area contributed by atoms with Gasteiger partial charge in [-0.2, -0.15) is 0 Å². The maximum absolute atomic E-state index is 4.98. The Bertz CT molecular complexity index is 1710. The van der Waals surface area contributed by atoms with Crippen LogP contribution in [0.2, 0.25) is 0 Å². The van der Waals surface area contributed by atoms with E-state index >= 15 is 0 Å². The summed E-state index contributed by atoms with van der Waals surface area (Å²) in [6.07, 6.45) is 0. The first kappa shape index (κ1) is 14.9. The van der Waals surface area contributed by atoms with Gasteiger partial charge in [0.2, 0.25) is 5.78 Å². The second-order valence-corrected chi connectivity index (χ2v) is 7.46. The summed E-state index contributed by atoms with van der Waals surface area (Å²) in [5.41, 5.74) is 7.88. The van der Waals surface area contributed by atoms with Crippen molar-refractivity contribution in [1.29, 1.82) is 0 Å². The number of hydrogen-bond donors (Lipinski definition) is 1. The van der Waals surface area contributed by atoms with Crippen LogP contribution in [-0.4, -0.2) is 18.9 Å². The third-order valence-electron chi connectivity index (χ3n) is 5.85. The summed E-state index contributed by atoms with van der Waals surface area (Å²) in [5.74, 6) is 0.937. The van der Waals surface area contributed by atoms with Crippen molar-refractivity contribution in [3.63, 3.8) is 0 Å². The third-order valence-corrected chi connectivity index (χ3v) is 5.85. The first-order chi connectivity index (χ1) is 14.4. The Labute approximate surface area is 165 Å². The van der Waals surface area contributed by atoms with Crippen LogP contribution in [0, 0.1) is 0 Å². The highest BCUT2D eigenvalue weighted by Gasteiger charge is 2.17. The van der Waals surface area contributed by atoms with Gasteiger partial charge in [-0.3, -0.25) is 8.97 Å². The highest BCUT2D eigenvalue weighted by molar-refractivity contribution is 6.08. The van der Waals surface area contributed by atoms with E-state index in [9.17, 15) is 0 Å². The Hall–Kier alpha value is -4.05. The van der Waals surface area contributed by atoms with Crippen molar-refractivity contribution >= 4 is 49.7 Å². The molecule has 0 unspecified atom stereocenters.